The summed E-state index contributed by atoms with van der Waals surface area (Å²) in [5.74, 6) is 0.548. The normalized spacial score (nSPS) is 16.7. The molecule has 38 heavy (non-hydrogen) atoms. The Morgan fingerprint density at radius 1 is 1.16 bits per heavy atom. The Kier molecular flexibility index (Phi) is 11.3. The van der Waals surface area contributed by atoms with Crippen molar-refractivity contribution in [1.29, 1.82) is 0 Å². The Morgan fingerprint density at radius 3 is 2.50 bits per heavy atom. The van der Waals surface area contributed by atoms with Crippen molar-refractivity contribution in [3.8, 4) is 5.75 Å². The van der Waals surface area contributed by atoms with Crippen molar-refractivity contribution in [2.24, 2.45) is 5.92 Å². The second-order valence-corrected chi connectivity index (χ2v) is 13.1. The molecule has 2 unspecified atom stereocenters. The fourth-order valence-electron chi connectivity index (χ4n) is 4.70. The third-order valence-corrected chi connectivity index (χ3v) is 8.37. The van der Waals surface area contributed by atoms with Crippen molar-refractivity contribution in [3.05, 3.63) is 58.1 Å². The summed E-state index contributed by atoms with van der Waals surface area (Å²) in [5.41, 5.74) is 2.16. The Bertz CT molecular complexity index is 1090. The van der Waals surface area contributed by atoms with Gasteiger partial charge in [-0.05, 0) is 87.8 Å². The van der Waals surface area contributed by atoms with Crippen LogP contribution in [0.5, 0.6) is 5.75 Å². The van der Waals surface area contributed by atoms with E-state index in [-0.39, 0.29) is 18.4 Å². The van der Waals surface area contributed by atoms with E-state index in [4.69, 9.17) is 9.47 Å². The highest BCUT2D eigenvalue weighted by molar-refractivity contribution is 14.1. The molecule has 0 aliphatic carbocycles. The quantitative estimate of drug-likeness (QED) is 0.115. The number of rotatable bonds is 11. The number of hydrogen-bond donors (Lipinski definition) is 1. The average Bonchev–Trinajstić information content (AvgIpc) is 2.85. The molecule has 1 amide bonds. The molecule has 1 aliphatic heterocycles. The van der Waals surface area contributed by atoms with Gasteiger partial charge < -0.3 is 19.7 Å². The van der Waals surface area contributed by atoms with Gasteiger partial charge in [0.05, 0.1) is 23.1 Å². The minimum absolute atomic E-state index is 0.0188. The van der Waals surface area contributed by atoms with Gasteiger partial charge in [-0.25, -0.2) is 4.79 Å². The summed E-state index contributed by atoms with van der Waals surface area (Å²) in [7, 11) is 0. The van der Waals surface area contributed by atoms with E-state index in [1.165, 1.54) is 30.5 Å². The van der Waals surface area contributed by atoms with Crippen molar-refractivity contribution in [1.82, 2.24) is 5.32 Å². The number of anilines is 1. The lowest BCUT2D eigenvalue weighted by Crippen LogP contribution is -2.39. The van der Waals surface area contributed by atoms with Gasteiger partial charge in [0.15, 0.2) is 5.60 Å². The van der Waals surface area contributed by atoms with E-state index in [9.17, 15) is 9.59 Å². The Morgan fingerprint density at radius 2 is 1.87 bits per heavy atom. The Labute approximate surface area is 249 Å². The molecule has 1 heterocycles. The third kappa shape index (κ3) is 8.60. The predicted octanol–water partition coefficient (Wildman–Crippen LogP) is 7.37. The minimum Gasteiger partial charge on any atom is -0.476 e. The lowest BCUT2D eigenvalue weighted by atomic mass is 9.94. The van der Waals surface area contributed by atoms with E-state index in [1.807, 2.05) is 12.1 Å². The summed E-state index contributed by atoms with van der Waals surface area (Å²) in [6.45, 7) is 10.8. The van der Waals surface area contributed by atoms with Crippen molar-refractivity contribution in [2.45, 2.75) is 82.4 Å². The van der Waals surface area contributed by atoms with Crippen molar-refractivity contribution < 1.29 is 19.1 Å². The van der Waals surface area contributed by atoms with Gasteiger partial charge in [0.1, 0.15) is 5.75 Å². The highest BCUT2D eigenvalue weighted by Crippen LogP contribution is 2.37. The van der Waals surface area contributed by atoms with Crippen LogP contribution in [0.3, 0.4) is 0 Å². The number of hydrogen-bond acceptors (Lipinski definition) is 5. The van der Waals surface area contributed by atoms with Crippen molar-refractivity contribution in [2.75, 3.05) is 18.1 Å². The number of alkyl halides is 1. The van der Waals surface area contributed by atoms with Gasteiger partial charge in [0, 0.05) is 16.7 Å². The van der Waals surface area contributed by atoms with E-state index < -0.39 is 11.6 Å². The van der Waals surface area contributed by atoms with Gasteiger partial charge in [0.2, 0.25) is 5.91 Å². The second kappa shape index (κ2) is 14.0. The topological polar surface area (TPSA) is 67.9 Å². The second-order valence-electron chi connectivity index (χ2n) is 10.7. The SMILES string of the molecule is CCOC(=O)C(C)(C)Oc1ccc(CC(=O)NC(CC(C)C)c2ccc(Br)cc2N2CCCCC2I)cc1. The Balaban J connectivity index is 1.74. The molecule has 2 aromatic rings. The number of nitrogens with one attached hydrogen (secondary N) is 1. The van der Waals surface area contributed by atoms with Crippen LogP contribution in [0.25, 0.3) is 0 Å². The first-order valence-corrected chi connectivity index (χ1v) is 15.5. The van der Waals surface area contributed by atoms with Crippen LogP contribution in [0, 0.1) is 5.92 Å². The number of carbonyl (C=O) groups excluding carboxylic acids is 2. The zero-order valence-electron chi connectivity index (χ0n) is 23.1. The van der Waals surface area contributed by atoms with Crippen LogP contribution in [0.15, 0.2) is 46.9 Å². The minimum atomic E-state index is -1.09. The predicted molar refractivity (Wildman–Crippen MR) is 165 cm³/mol. The molecular formula is C30H40BrIN2O4. The lowest BCUT2D eigenvalue weighted by molar-refractivity contribution is -0.158. The molecule has 0 aromatic heterocycles. The molecule has 8 heteroatoms. The third-order valence-electron chi connectivity index (χ3n) is 6.58. The monoisotopic (exact) mass is 698 g/mol. The van der Waals surface area contributed by atoms with E-state index in [0.717, 1.165) is 23.0 Å². The number of ether oxygens (including phenoxy) is 2. The molecule has 0 radical (unpaired) electrons. The van der Waals surface area contributed by atoms with Crippen LogP contribution in [-0.4, -0.2) is 34.7 Å². The summed E-state index contributed by atoms with van der Waals surface area (Å²) in [5, 5.41) is 3.33. The molecule has 1 aliphatic rings. The molecule has 1 N–H and O–H groups in total. The standard InChI is InChI=1S/C30H40BrIN2O4/c1-6-37-29(36)30(4,5)38-23-13-10-21(11-14-23)18-28(35)33-25(17-20(2)3)24-15-12-22(31)19-26(24)34-16-8-7-9-27(34)32/h10-15,19-20,25,27H,6-9,16-18H2,1-5H3,(H,33,35). The summed E-state index contributed by atoms with van der Waals surface area (Å²) in [6, 6.07) is 13.7. The van der Waals surface area contributed by atoms with E-state index in [1.54, 1.807) is 32.9 Å². The maximum Gasteiger partial charge on any atom is 0.349 e. The van der Waals surface area contributed by atoms with Gasteiger partial charge in [-0.3, -0.25) is 4.79 Å². The largest absolute Gasteiger partial charge is 0.476 e. The molecule has 208 valence electrons. The maximum absolute atomic E-state index is 13.2. The molecule has 0 spiro atoms. The number of piperidine rings is 1. The average molecular weight is 699 g/mol. The molecule has 0 bridgehead atoms. The number of esters is 1. The summed E-state index contributed by atoms with van der Waals surface area (Å²) >= 11 is 6.21. The van der Waals surface area contributed by atoms with E-state index >= 15 is 0 Å². The van der Waals surface area contributed by atoms with Gasteiger partial charge in [-0.15, -0.1) is 0 Å². The number of amides is 1. The van der Waals surface area contributed by atoms with Gasteiger partial charge in [0.25, 0.3) is 0 Å². The molecule has 3 rings (SSSR count). The lowest BCUT2D eigenvalue weighted by Gasteiger charge is -2.37. The van der Waals surface area contributed by atoms with E-state index in [0.29, 0.717) is 22.3 Å². The molecule has 2 aromatic carbocycles. The fraction of sp³-hybridized carbons (Fsp3) is 0.533. The first-order chi connectivity index (χ1) is 18.0. The summed E-state index contributed by atoms with van der Waals surface area (Å²) in [4.78, 5) is 27.9. The van der Waals surface area contributed by atoms with E-state index in [2.05, 4.69) is 80.8 Å². The molecule has 1 fully saturated rings. The first-order valence-electron chi connectivity index (χ1n) is 13.4. The van der Waals surface area contributed by atoms with Crippen LogP contribution in [0.4, 0.5) is 5.69 Å². The molecule has 1 saturated heterocycles. The van der Waals surface area contributed by atoms with Gasteiger partial charge in [-0.1, -0.05) is 70.6 Å². The zero-order valence-corrected chi connectivity index (χ0v) is 26.8. The van der Waals surface area contributed by atoms with Gasteiger partial charge in [-0.2, -0.15) is 0 Å². The highest BCUT2D eigenvalue weighted by atomic mass is 127. The van der Waals surface area contributed by atoms with Crippen LogP contribution in [-0.2, 0) is 20.7 Å². The summed E-state index contributed by atoms with van der Waals surface area (Å²) in [6.07, 6.45) is 4.73. The maximum atomic E-state index is 13.2. The van der Waals surface area contributed by atoms with Crippen LogP contribution >= 0.6 is 38.5 Å². The highest BCUT2D eigenvalue weighted by Gasteiger charge is 2.31. The zero-order chi connectivity index (χ0) is 27.9. The van der Waals surface area contributed by atoms with Gasteiger partial charge >= 0.3 is 5.97 Å². The summed E-state index contributed by atoms with van der Waals surface area (Å²) < 4.78 is 12.4. The number of nitrogens with zero attached hydrogens (tertiary/aromatic N) is 1. The fourth-order valence-corrected chi connectivity index (χ4v) is 6.07. The van der Waals surface area contributed by atoms with Crippen molar-refractivity contribution >= 4 is 56.1 Å². The van der Waals surface area contributed by atoms with Crippen LogP contribution in [0.2, 0.25) is 0 Å². The molecule has 2 atom stereocenters. The number of benzene rings is 2. The van der Waals surface area contributed by atoms with Crippen LogP contribution < -0.4 is 15.0 Å². The molecule has 0 saturated carbocycles. The number of halogens is 2. The Hall–Kier alpha value is -1.81. The first kappa shape index (κ1) is 30.7. The molecule has 6 nitrogen and oxygen atoms in total. The smallest absolute Gasteiger partial charge is 0.349 e. The molecular weight excluding hydrogens is 659 g/mol. The van der Waals surface area contributed by atoms with Crippen molar-refractivity contribution in [3.63, 3.8) is 0 Å². The van der Waals surface area contributed by atoms with Crippen LogP contribution in [0.1, 0.15) is 77.5 Å². The number of carbonyl (C=O) groups is 2.